The van der Waals surface area contributed by atoms with Crippen molar-refractivity contribution in [3.63, 3.8) is 0 Å². The maximum Gasteiger partial charge on any atom is 0.0355 e. The van der Waals surface area contributed by atoms with Gasteiger partial charge in [0.1, 0.15) is 0 Å². The van der Waals surface area contributed by atoms with Crippen molar-refractivity contribution in [2.45, 2.75) is 20.4 Å². The third kappa shape index (κ3) is 3.17. The minimum Gasteiger partial charge on any atom is -0.251 e. The van der Waals surface area contributed by atoms with Gasteiger partial charge >= 0.3 is 0 Å². The van der Waals surface area contributed by atoms with Crippen LogP contribution >= 0.6 is 0 Å². The quantitative estimate of drug-likeness (QED) is 0.711. The van der Waals surface area contributed by atoms with Crippen molar-refractivity contribution in [3.05, 3.63) is 34.9 Å². The molecule has 0 bridgehead atoms. The van der Waals surface area contributed by atoms with E-state index in [0.717, 1.165) is 6.54 Å². The molecule has 72 valence electrons. The van der Waals surface area contributed by atoms with Gasteiger partial charge < -0.3 is 0 Å². The second-order valence-electron chi connectivity index (χ2n) is 3.66. The highest BCUT2D eigenvalue weighted by Gasteiger charge is 1.98. The Bertz CT molecular complexity index is 279. The van der Waals surface area contributed by atoms with Crippen LogP contribution in [-0.2, 0) is 6.54 Å². The first-order chi connectivity index (χ1) is 6.09. The first-order valence-corrected chi connectivity index (χ1v) is 4.56. The van der Waals surface area contributed by atoms with Gasteiger partial charge in [0, 0.05) is 20.6 Å². The molecule has 0 saturated carbocycles. The molecule has 0 spiro atoms. The molecule has 0 aliphatic heterocycles. The molecule has 2 heteroatoms. The Morgan fingerprint density at radius 1 is 1.23 bits per heavy atom. The smallest absolute Gasteiger partial charge is 0.0355 e. The van der Waals surface area contributed by atoms with Crippen LogP contribution in [0.3, 0.4) is 0 Å². The molecular weight excluding hydrogens is 160 g/mol. The van der Waals surface area contributed by atoms with E-state index in [9.17, 15) is 0 Å². The third-order valence-corrected chi connectivity index (χ3v) is 2.09. The Hall–Kier alpha value is -0.860. The minimum atomic E-state index is 0.903. The molecule has 13 heavy (non-hydrogen) atoms. The van der Waals surface area contributed by atoms with Crippen molar-refractivity contribution >= 4 is 0 Å². The van der Waals surface area contributed by atoms with Crippen LogP contribution in [0.5, 0.6) is 0 Å². The topological polar surface area (TPSA) is 15.3 Å². The van der Waals surface area contributed by atoms with E-state index in [4.69, 9.17) is 0 Å². The lowest BCUT2D eigenvalue weighted by Gasteiger charge is -2.13. The van der Waals surface area contributed by atoms with E-state index in [0.29, 0.717) is 0 Å². The van der Waals surface area contributed by atoms with Gasteiger partial charge in [-0.25, -0.2) is 0 Å². The summed E-state index contributed by atoms with van der Waals surface area (Å²) in [6.45, 7) is 5.17. The van der Waals surface area contributed by atoms with E-state index < -0.39 is 0 Å². The molecule has 0 amide bonds. The van der Waals surface area contributed by atoms with Crippen LogP contribution in [-0.4, -0.2) is 19.1 Å². The number of rotatable bonds is 3. The molecular formula is C11H18N2. The average Bonchev–Trinajstić information content (AvgIpc) is 2.06. The molecule has 2 nitrogen and oxygen atoms in total. The van der Waals surface area contributed by atoms with Crippen molar-refractivity contribution in [1.29, 1.82) is 0 Å². The van der Waals surface area contributed by atoms with Gasteiger partial charge in [0.2, 0.25) is 0 Å². The van der Waals surface area contributed by atoms with E-state index in [-0.39, 0.29) is 0 Å². The number of hydrogen-bond acceptors (Lipinski definition) is 2. The van der Waals surface area contributed by atoms with Crippen molar-refractivity contribution < 1.29 is 0 Å². The first kappa shape index (κ1) is 10.2. The van der Waals surface area contributed by atoms with E-state index in [2.05, 4.69) is 37.5 Å². The molecule has 1 aromatic rings. The summed E-state index contributed by atoms with van der Waals surface area (Å²) in [6.07, 6.45) is 0. The molecule has 1 N–H and O–H groups in total. The number of nitrogens with one attached hydrogen (secondary N) is 1. The molecule has 0 aliphatic carbocycles. The molecule has 1 aromatic carbocycles. The molecule has 0 fully saturated rings. The minimum absolute atomic E-state index is 0.903. The van der Waals surface area contributed by atoms with Gasteiger partial charge in [-0.2, -0.15) is 0 Å². The lowest BCUT2D eigenvalue weighted by atomic mass is 10.1. The van der Waals surface area contributed by atoms with Gasteiger partial charge in [-0.1, -0.05) is 23.8 Å². The summed E-state index contributed by atoms with van der Waals surface area (Å²) in [7, 11) is 4.01. The van der Waals surface area contributed by atoms with Crippen LogP contribution < -0.4 is 5.43 Å². The van der Waals surface area contributed by atoms with Crippen molar-refractivity contribution in [1.82, 2.24) is 10.4 Å². The summed E-state index contributed by atoms with van der Waals surface area (Å²) in [5.41, 5.74) is 7.30. The Balaban J connectivity index is 2.70. The second-order valence-corrected chi connectivity index (χ2v) is 3.66. The average molecular weight is 178 g/mol. The summed E-state index contributed by atoms with van der Waals surface area (Å²) in [6, 6.07) is 6.54. The maximum absolute atomic E-state index is 3.26. The predicted octanol–water partition coefficient (Wildman–Crippen LogP) is 1.87. The summed E-state index contributed by atoms with van der Waals surface area (Å²) >= 11 is 0. The van der Waals surface area contributed by atoms with E-state index in [1.54, 1.807) is 0 Å². The van der Waals surface area contributed by atoms with Crippen LogP contribution in [0.1, 0.15) is 16.7 Å². The molecule has 0 radical (unpaired) electrons. The fraction of sp³-hybridized carbons (Fsp3) is 0.455. The number of benzene rings is 1. The van der Waals surface area contributed by atoms with Crippen molar-refractivity contribution in [3.8, 4) is 0 Å². The number of hydrazine groups is 1. The predicted molar refractivity (Wildman–Crippen MR) is 56.4 cm³/mol. The highest BCUT2D eigenvalue weighted by molar-refractivity contribution is 5.30. The number of hydrogen-bond donors (Lipinski definition) is 1. The Kier molecular flexibility index (Phi) is 3.46. The van der Waals surface area contributed by atoms with Gasteiger partial charge in [-0.3, -0.25) is 10.4 Å². The molecule has 1 rings (SSSR count). The number of aryl methyl sites for hydroxylation is 2. The molecule has 0 aliphatic rings. The van der Waals surface area contributed by atoms with Gasteiger partial charge in [-0.05, 0) is 25.0 Å². The van der Waals surface area contributed by atoms with Gasteiger partial charge in [0.15, 0.2) is 0 Å². The van der Waals surface area contributed by atoms with Crippen LogP contribution in [0, 0.1) is 13.8 Å². The SMILES string of the molecule is Cc1ccc(C)c(CNN(C)C)c1. The van der Waals surface area contributed by atoms with Crippen LogP contribution in [0.4, 0.5) is 0 Å². The molecule has 0 atom stereocenters. The zero-order chi connectivity index (χ0) is 9.84. The first-order valence-electron chi connectivity index (χ1n) is 4.56. The van der Waals surface area contributed by atoms with Crippen molar-refractivity contribution in [2.75, 3.05) is 14.1 Å². The fourth-order valence-electron chi connectivity index (χ4n) is 1.23. The second kappa shape index (κ2) is 4.40. The Labute approximate surface area is 80.5 Å². The van der Waals surface area contributed by atoms with Crippen LogP contribution in [0.2, 0.25) is 0 Å². The standard InChI is InChI=1S/C11H18N2/c1-9-5-6-10(2)11(7-9)8-12-13(3)4/h5-7,12H,8H2,1-4H3. The zero-order valence-corrected chi connectivity index (χ0v) is 8.89. The summed E-state index contributed by atoms with van der Waals surface area (Å²) in [5.74, 6) is 0. The van der Waals surface area contributed by atoms with Crippen LogP contribution in [0.15, 0.2) is 18.2 Å². The molecule has 0 heterocycles. The van der Waals surface area contributed by atoms with E-state index >= 15 is 0 Å². The third-order valence-electron chi connectivity index (χ3n) is 2.09. The maximum atomic E-state index is 3.26. The molecule has 0 unspecified atom stereocenters. The lowest BCUT2D eigenvalue weighted by Crippen LogP contribution is -2.29. The number of nitrogens with zero attached hydrogens (tertiary/aromatic N) is 1. The van der Waals surface area contributed by atoms with Crippen molar-refractivity contribution in [2.24, 2.45) is 0 Å². The van der Waals surface area contributed by atoms with E-state index in [1.807, 2.05) is 19.1 Å². The highest BCUT2D eigenvalue weighted by atomic mass is 15.5. The van der Waals surface area contributed by atoms with Gasteiger partial charge in [0.05, 0.1) is 0 Å². The largest absolute Gasteiger partial charge is 0.251 e. The zero-order valence-electron chi connectivity index (χ0n) is 8.89. The summed E-state index contributed by atoms with van der Waals surface area (Å²) < 4.78 is 0. The van der Waals surface area contributed by atoms with Gasteiger partial charge in [0.25, 0.3) is 0 Å². The molecule has 0 saturated heterocycles. The normalized spacial score (nSPS) is 10.8. The molecule has 0 aromatic heterocycles. The summed E-state index contributed by atoms with van der Waals surface area (Å²) in [4.78, 5) is 0. The van der Waals surface area contributed by atoms with Crippen LogP contribution in [0.25, 0.3) is 0 Å². The summed E-state index contributed by atoms with van der Waals surface area (Å²) in [5, 5.41) is 1.97. The van der Waals surface area contributed by atoms with E-state index in [1.165, 1.54) is 16.7 Å². The Morgan fingerprint density at radius 2 is 1.92 bits per heavy atom. The Morgan fingerprint density at radius 3 is 2.54 bits per heavy atom. The lowest BCUT2D eigenvalue weighted by molar-refractivity contribution is 0.285. The van der Waals surface area contributed by atoms with Gasteiger partial charge in [-0.15, -0.1) is 0 Å². The highest BCUT2D eigenvalue weighted by Crippen LogP contribution is 2.09. The fourth-order valence-corrected chi connectivity index (χ4v) is 1.23. The monoisotopic (exact) mass is 178 g/mol.